The number of nitrogens with two attached hydrogens (primary N) is 1. The minimum Gasteiger partial charge on any atom is -0.409 e. The van der Waals surface area contributed by atoms with Gasteiger partial charge in [-0.1, -0.05) is 43.0 Å². The Hall–Kier alpha value is -1.62. The van der Waals surface area contributed by atoms with Gasteiger partial charge in [-0.2, -0.15) is 0 Å². The summed E-state index contributed by atoms with van der Waals surface area (Å²) in [4.78, 5) is 0. The highest BCUT2D eigenvalue weighted by Crippen LogP contribution is 2.18. The fourth-order valence-corrected chi connectivity index (χ4v) is 2.65. The highest BCUT2D eigenvalue weighted by atomic mass is 19.1. The molecule has 0 radical (unpaired) electrons. The number of benzene rings is 1. The number of hydrogen-bond acceptors (Lipinski definition) is 3. The Labute approximate surface area is 118 Å². The van der Waals surface area contributed by atoms with Gasteiger partial charge < -0.3 is 16.3 Å². The summed E-state index contributed by atoms with van der Waals surface area (Å²) in [5, 5.41) is 14.9. The van der Waals surface area contributed by atoms with Gasteiger partial charge in [0.05, 0.1) is 0 Å². The second-order valence-electron chi connectivity index (χ2n) is 5.36. The first-order valence-corrected chi connectivity index (χ1v) is 7.20. The second kappa shape index (κ2) is 7.24. The summed E-state index contributed by atoms with van der Waals surface area (Å²) >= 11 is 0. The lowest BCUT2D eigenvalue weighted by molar-refractivity contribution is 0.318. The largest absolute Gasteiger partial charge is 0.409 e. The third-order valence-corrected chi connectivity index (χ3v) is 3.89. The van der Waals surface area contributed by atoms with Crippen LogP contribution < -0.4 is 11.1 Å². The predicted octanol–water partition coefficient (Wildman–Crippen LogP) is 2.73. The van der Waals surface area contributed by atoms with Gasteiger partial charge in [0.25, 0.3) is 0 Å². The van der Waals surface area contributed by atoms with Crippen LogP contribution in [0.25, 0.3) is 0 Å². The first kappa shape index (κ1) is 14.8. The predicted molar refractivity (Wildman–Crippen MR) is 77.2 cm³/mol. The van der Waals surface area contributed by atoms with E-state index in [0.29, 0.717) is 23.7 Å². The molecule has 0 spiro atoms. The van der Waals surface area contributed by atoms with Crippen molar-refractivity contribution in [2.45, 2.75) is 51.1 Å². The Bertz CT molecular complexity index is 468. The molecule has 0 aromatic heterocycles. The molecule has 5 heteroatoms. The first-order valence-electron chi connectivity index (χ1n) is 7.20. The Morgan fingerprint density at radius 1 is 1.30 bits per heavy atom. The van der Waals surface area contributed by atoms with E-state index in [1.807, 2.05) is 0 Å². The van der Waals surface area contributed by atoms with Crippen LogP contribution in [0.1, 0.15) is 49.7 Å². The topological polar surface area (TPSA) is 70.6 Å². The van der Waals surface area contributed by atoms with Gasteiger partial charge >= 0.3 is 0 Å². The molecule has 1 aliphatic carbocycles. The van der Waals surface area contributed by atoms with E-state index in [0.717, 1.165) is 0 Å². The Balaban J connectivity index is 1.95. The van der Waals surface area contributed by atoms with Crippen LogP contribution in [0.2, 0.25) is 0 Å². The number of oxime groups is 1. The number of amidine groups is 1. The van der Waals surface area contributed by atoms with Gasteiger partial charge in [-0.25, -0.2) is 4.39 Å². The molecule has 0 aliphatic heterocycles. The lowest BCUT2D eigenvalue weighted by Gasteiger charge is -2.16. The molecular formula is C15H22FN3O. The molecule has 2 rings (SSSR count). The maximum absolute atomic E-state index is 13.9. The molecule has 1 aromatic carbocycles. The molecule has 0 saturated heterocycles. The maximum atomic E-state index is 13.9. The second-order valence-corrected chi connectivity index (χ2v) is 5.36. The zero-order valence-corrected chi connectivity index (χ0v) is 11.6. The molecule has 4 N–H and O–H groups in total. The van der Waals surface area contributed by atoms with Crippen molar-refractivity contribution in [1.82, 2.24) is 5.32 Å². The normalized spacial score (nSPS) is 17.9. The summed E-state index contributed by atoms with van der Waals surface area (Å²) in [6.45, 7) is 0.521. The Kier molecular flexibility index (Phi) is 5.35. The fraction of sp³-hybridized carbons (Fsp3) is 0.533. The Morgan fingerprint density at radius 2 is 2.00 bits per heavy atom. The van der Waals surface area contributed by atoms with E-state index >= 15 is 0 Å². The van der Waals surface area contributed by atoms with E-state index in [-0.39, 0.29) is 11.7 Å². The van der Waals surface area contributed by atoms with Gasteiger partial charge in [0.1, 0.15) is 5.82 Å². The third kappa shape index (κ3) is 3.93. The molecule has 4 nitrogen and oxygen atoms in total. The molecule has 0 heterocycles. The van der Waals surface area contributed by atoms with Gasteiger partial charge in [0.15, 0.2) is 5.84 Å². The van der Waals surface area contributed by atoms with Gasteiger partial charge in [-0.15, -0.1) is 0 Å². The van der Waals surface area contributed by atoms with Crippen LogP contribution >= 0.6 is 0 Å². The van der Waals surface area contributed by atoms with Crippen LogP contribution in [0.3, 0.4) is 0 Å². The molecule has 1 aliphatic rings. The first-order chi connectivity index (χ1) is 9.70. The van der Waals surface area contributed by atoms with Crippen molar-refractivity contribution in [3.05, 3.63) is 35.1 Å². The SMILES string of the molecule is NC(=NO)c1ccc(CNC2CCCCCC2)c(F)c1. The highest BCUT2D eigenvalue weighted by molar-refractivity contribution is 5.97. The van der Waals surface area contributed by atoms with Crippen molar-refractivity contribution in [2.24, 2.45) is 10.9 Å². The quantitative estimate of drug-likeness (QED) is 0.261. The van der Waals surface area contributed by atoms with Gasteiger partial charge in [-0.05, 0) is 18.9 Å². The minimum absolute atomic E-state index is 0.0767. The van der Waals surface area contributed by atoms with Gasteiger partial charge in [-0.3, -0.25) is 0 Å². The van der Waals surface area contributed by atoms with Gasteiger partial charge in [0.2, 0.25) is 0 Å². The summed E-state index contributed by atoms with van der Waals surface area (Å²) in [5.41, 5.74) is 6.45. The average molecular weight is 279 g/mol. The molecule has 0 amide bonds. The van der Waals surface area contributed by atoms with Crippen LogP contribution in [0.4, 0.5) is 4.39 Å². The van der Waals surface area contributed by atoms with Crippen molar-refractivity contribution in [3.8, 4) is 0 Å². The smallest absolute Gasteiger partial charge is 0.170 e. The van der Waals surface area contributed by atoms with Crippen LogP contribution in [0.5, 0.6) is 0 Å². The minimum atomic E-state index is -0.324. The standard InChI is InChI=1S/C15H22FN3O/c16-14-9-11(15(17)19-20)7-8-12(14)10-18-13-5-3-1-2-4-6-13/h7-9,13,18,20H,1-6,10H2,(H2,17,19). The number of nitrogens with zero attached hydrogens (tertiary/aromatic N) is 1. The molecule has 110 valence electrons. The number of hydrogen-bond donors (Lipinski definition) is 3. The summed E-state index contributed by atoms with van der Waals surface area (Å²) in [5.74, 6) is -0.401. The number of halogens is 1. The van der Waals surface area contributed by atoms with Crippen LogP contribution in [-0.4, -0.2) is 17.1 Å². The third-order valence-electron chi connectivity index (χ3n) is 3.89. The number of nitrogens with one attached hydrogen (secondary N) is 1. The van der Waals surface area contributed by atoms with Crippen molar-refractivity contribution < 1.29 is 9.60 Å². The lowest BCUT2D eigenvalue weighted by atomic mass is 10.1. The summed E-state index contributed by atoms with van der Waals surface area (Å²) in [6, 6.07) is 5.15. The van der Waals surface area contributed by atoms with E-state index in [9.17, 15) is 4.39 Å². The van der Waals surface area contributed by atoms with E-state index in [2.05, 4.69) is 10.5 Å². The Morgan fingerprint density at radius 3 is 2.60 bits per heavy atom. The van der Waals surface area contributed by atoms with E-state index in [1.54, 1.807) is 12.1 Å². The van der Waals surface area contributed by atoms with Gasteiger partial charge in [0, 0.05) is 23.7 Å². The van der Waals surface area contributed by atoms with Crippen molar-refractivity contribution >= 4 is 5.84 Å². The fourth-order valence-electron chi connectivity index (χ4n) is 2.65. The zero-order valence-electron chi connectivity index (χ0n) is 11.6. The summed E-state index contributed by atoms with van der Waals surface area (Å²) in [6.07, 6.45) is 7.46. The van der Waals surface area contributed by atoms with Crippen molar-refractivity contribution in [1.29, 1.82) is 0 Å². The number of rotatable bonds is 4. The molecule has 0 atom stereocenters. The molecule has 0 unspecified atom stereocenters. The van der Waals surface area contributed by atoms with E-state index in [4.69, 9.17) is 10.9 Å². The average Bonchev–Trinajstić information content (AvgIpc) is 2.73. The molecular weight excluding hydrogens is 257 g/mol. The van der Waals surface area contributed by atoms with Crippen molar-refractivity contribution in [2.75, 3.05) is 0 Å². The van der Waals surface area contributed by atoms with Crippen LogP contribution in [0.15, 0.2) is 23.4 Å². The molecule has 20 heavy (non-hydrogen) atoms. The highest BCUT2D eigenvalue weighted by Gasteiger charge is 2.13. The zero-order chi connectivity index (χ0) is 14.4. The summed E-state index contributed by atoms with van der Waals surface area (Å²) < 4.78 is 13.9. The maximum Gasteiger partial charge on any atom is 0.170 e. The molecule has 0 bridgehead atoms. The van der Waals surface area contributed by atoms with E-state index in [1.165, 1.54) is 44.6 Å². The monoisotopic (exact) mass is 279 g/mol. The summed E-state index contributed by atoms with van der Waals surface area (Å²) in [7, 11) is 0. The molecule has 1 fully saturated rings. The molecule has 1 aromatic rings. The van der Waals surface area contributed by atoms with Crippen molar-refractivity contribution in [3.63, 3.8) is 0 Å². The molecule has 1 saturated carbocycles. The van der Waals surface area contributed by atoms with E-state index < -0.39 is 0 Å². The lowest BCUT2D eigenvalue weighted by Crippen LogP contribution is -2.28. The van der Waals surface area contributed by atoms with Crippen LogP contribution in [0, 0.1) is 5.82 Å². The van der Waals surface area contributed by atoms with Crippen LogP contribution in [-0.2, 0) is 6.54 Å².